The summed E-state index contributed by atoms with van der Waals surface area (Å²) in [4.78, 5) is 35.9. The largest absolute Gasteiger partial charge is 0.478 e. The molecular weight excluding hydrogens is 869 g/mol. The number of fused-ring (bicyclic) bond motifs is 2. The van der Waals surface area contributed by atoms with E-state index in [0.29, 0.717) is 24.0 Å². The van der Waals surface area contributed by atoms with Gasteiger partial charge in [0.25, 0.3) is 0 Å². The van der Waals surface area contributed by atoms with Gasteiger partial charge in [0.05, 0.1) is 11.1 Å². The van der Waals surface area contributed by atoms with Crippen molar-refractivity contribution in [1.82, 2.24) is 20.6 Å². The monoisotopic (exact) mass is 939 g/mol. The molecule has 10 heteroatoms. The molecule has 0 spiro atoms. The first-order chi connectivity index (χ1) is 34.2. The van der Waals surface area contributed by atoms with Crippen molar-refractivity contribution in [2.75, 3.05) is 37.0 Å². The number of aromatic nitrogens is 2. The van der Waals surface area contributed by atoms with E-state index in [-0.39, 0.29) is 12.1 Å². The van der Waals surface area contributed by atoms with Crippen LogP contribution in [0.1, 0.15) is 166 Å². The van der Waals surface area contributed by atoms with Crippen molar-refractivity contribution >= 4 is 34.7 Å². The van der Waals surface area contributed by atoms with E-state index in [2.05, 4.69) is 129 Å². The van der Waals surface area contributed by atoms with Gasteiger partial charge in [-0.25, -0.2) is 9.59 Å². The van der Waals surface area contributed by atoms with E-state index in [1.54, 1.807) is 36.9 Å². The summed E-state index contributed by atoms with van der Waals surface area (Å²) in [6.45, 7) is 1.86. The summed E-state index contributed by atoms with van der Waals surface area (Å²) in [7, 11) is 4.29. The number of hydrogen-bond acceptors (Lipinski definition) is 8. The van der Waals surface area contributed by atoms with Gasteiger partial charge < -0.3 is 30.6 Å². The van der Waals surface area contributed by atoms with Gasteiger partial charge in [-0.3, -0.25) is 9.97 Å². The molecule has 2 atom stereocenters. The van der Waals surface area contributed by atoms with Crippen LogP contribution in [-0.2, 0) is 25.7 Å². The van der Waals surface area contributed by atoms with E-state index < -0.39 is 11.9 Å². The molecule has 2 aliphatic heterocycles. The third-order valence-corrected chi connectivity index (χ3v) is 15.7. The Bertz CT molecular complexity index is 2520. The minimum atomic E-state index is -0.890. The molecule has 10 rings (SSSR count). The summed E-state index contributed by atoms with van der Waals surface area (Å²) >= 11 is 0. The van der Waals surface area contributed by atoms with Gasteiger partial charge in [0.2, 0.25) is 0 Å². The Kier molecular flexibility index (Phi) is 16.0. The lowest BCUT2D eigenvalue weighted by Gasteiger charge is -2.29. The van der Waals surface area contributed by atoms with E-state index in [9.17, 15) is 19.8 Å². The number of nitrogens with one attached hydrogen (secondary N) is 2. The normalized spacial score (nSPS) is 18.1. The van der Waals surface area contributed by atoms with E-state index >= 15 is 0 Å². The fraction of sp³-hybridized carbons (Fsp3) is 0.400. The summed E-state index contributed by atoms with van der Waals surface area (Å²) in [5.41, 5.74) is 15.5. The molecule has 2 aromatic heterocycles. The predicted octanol–water partition coefficient (Wildman–Crippen LogP) is 12.8. The fourth-order valence-electron chi connectivity index (χ4n) is 11.6. The highest BCUT2D eigenvalue weighted by atomic mass is 16.4. The van der Waals surface area contributed by atoms with E-state index in [0.717, 1.165) is 61.7 Å². The van der Waals surface area contributed by atoms with Crippen molar-refractivity contribution in [1.29, 1.82) is 0 Å². The van der Waals surface area contributed by atoms with Crippen LogP contribution < -0.4 is 20.4 Å². The number of aryl methyl sites for hydroxylation is 2. The van der Waals surface area contributed by atoms with Crippen LogP contribution in [0.5, 0.6) is 0 Å². The number of aromatic carboxylic acids is 2. The first-order valence-corrected chi connectivity index (χ1v) is 25.9. The minimum absolute atomic E-state index is 0.217. The average Bonchev–Trinajstić information content (AvgIpc) is 3.42. The van der Waals surface area contributed by atoms with Crippen molar-refractivity contribution in [2.24, 2.45) is 0 Å². The SMILES string of the molecule is CN(c1ccc(C2CCCCC2)cc1)c1ccc2c(c1)CCN[C@@H]2CCc1cnccc1C(=O)O.CN(c1ccc(C2CCCCC2)cc1)c1ccc2c(c1)CCN[C@H]2CCc1cnccc1C(=O)O. The van der Waals surface area contributed by atoms with E-state index in [1.807, 2.05) is 0 Å². The van der Waals surface area contributed by atoms with Gasteiger partial charge in [-0.2, -0.15) is 0 Å². The van der Waals surface area contributed by atoms with Crippen molar-refractivity contribution in [2.45, 2.75) is 127 Å². The molecule has 4 N–H and O–H groups in total. The van der Waals surface area contributed by atoms with Crippen LogP contribution in [0.2, 0.25) is 0 Å². The first-order valence-electron chi connectivity index (χ1n) is 25.9. The number of pyridine rings is 2. The minimum Gasteiger partial charge on any atom is -0.478 e. The van der Waals surface area contributed by atoms with Crippen LogP contribution in [-0.4, -0.2) is 59.3 Å². The maximum atomic E-state index is 11.5. The summed E-state index contributed by atoms with van der Waals surface area (Å²) in [6.07, 6.45) is 25.0. The highest BCUT2D eigenvalue weighted by Crippen LogP contribution is 2.38. The predicted molar refractivity (Wildman–Crippen MR) is 281 cm³/mol. The van der Waals surface area contributed by atoms with E-state index in [1.165, 1.54) is 120 Å². The number of carboxylic acids is 2. The van der Waals surface area contributed by atoms with Gasteiger partial charge in [-0.15, -0.1) is 0 Å². The summed E-state index contributed by atoms with van der Waals surface area (Å²) in [5.74, 6) is -0.318. The van der Waals surface area contributed by atoms with Crippen LogP contribution in [0.25, 0.3) is 0 Å². The number of anilines is 4. The standard InChI is InChI=1S/2C30H35N3O2/c2*1-33(25-10-7-22(8-11-25)21-5-3-2-4-6-21)26-12-13-27-23(19-26)15-18-32-29(27)14-9-24-20-31-17-16-28(24)30(34)35/h2*7-8,10-13,16-17,19-21,29,32H,2-6,9,14-15,18H2,1H3,(H,34,35)/t2*29-/m10/s1. The van der Waals surface area contributed by atoms with Gasteiger partial charge in [0.1, 0.15) is 0 Å². The molecule has 4 aliphatic rings. The van der Waals surface area contributed by atoms with Crippen LogP contribution >= 0.6 is 0 Å². The smallest absolute Gasteiger partial charge is 0.336 e. The molecule has 4 heterocycles. The molecule has 0 unspecified atom stereocenters. The summed E-state index contributed by atoms with van der Waals surface area (Å²) < 4.78 is 0. The number of nitrogens with zero attached hydrogens (tertiary/aromatic N) is 4. The maximum absolute atomic E-state index is 11.5. The molecule has 0 bridgehead atoms. The van der Waals surface area contributed by atoms with Crippen molar-refractivity contribution in [3.05, 3.63) is 177 Å². The number of carbonyl (C=O) groups is 2. The second kappa shape index (κ2) is 23.0. The molecule has 6 aromatic rings. The summed E-state index contributed by atoms with van der Waals surface area (Å²) in [5, 5.41) is 26.2. The second-order valence-corrected chi connectivity index (χ2v) is 20.0. The molecule has 0 amide bonds. The third-order valence-electron chi connectivity index (χ3n) is 15.7. The zero-order valence-corrected chi connectivity index (χ0v) is 41.1. The van der Waals surface area contributed by atoms with Crippen molar-refractivity contribution in [3.8, 4) is 0 Å². The number of rotatable bonds is 14. The average molecular weight is 939 g/mol. The quantitative estimate of drug-likeness (QED) is 0.0837. The van der Waals surface area contributed by atoms with Gasteiger partial charge in [-0.05, 0) is 194 Å². The molecule has 2 aliphatic carbocycles. The molecule has 364 valence electrons. The highest BCUT2D eigenvalue weighted by Gasteiger charge is 2.24. The zero-order chi connectivity index (χ0) is 48.4. The van der Waals surface area contributed by atoms with Gasteiger partial charge in [0.15, 0.2) is 0 Å². The molecule has 70 heavy (non-hydrogen) atoms. The van der Waals surface area contributed by atoms with Gasteiger partial charge >= 0.3 is 11.9 Å². The molecule has 2 saturated carbocycles. The molecule has 0 saturated heterocycles. The summed E-state index contributed by atoms with van der Waals surface area (Å²) in [6, 6.07) is 35.5. The highest BCUT2D eigenvalue weighted by molar-refractivity contribution is 5.89. The van der Waals surface area contributed by atoms with Gasteiger partial charge in [0, 0.05) is 73.7 Å². The lowest BCUT2D eigenvalue weighted by Crippen LogP contribution is -2.30. The Hall–Kier alpha value is -6.36. The second-order valence-electron chi connectivity index (χ2n) is 20.0. The van der Waals surface area contributed by atoms with Crippen LogP contribution in [0.15, 0.2) is 122 Å². The number of carboxylic acid groups (broad SMARTS) is 2. The molecular formula is C60H70N6O4. The molecule has 2 fully saturated rings. The lowest BCUT2D eigenvalue weighted by atomic mass is 9.84. The Balaban J connectivity index is 0.000000174. The molecule has 4 aromatic carbocycles. The lowest BCUT2D eigenvalue weighted by molar-refractivity contribution is 0.0684. The Morgan fingerprint density at radius 3 is 1.30 bits per heavy atom. The first kappa shape index (κ1) is 48.7. The van der Waals surface area contributed by atoms with Crippen LogP contribution in [0.4, 0.5) is 22.7 Å². The third kappa shape index (κ3) is 11.6. The van der Waals surface area contributed by atoms with Crippen LogP contribution in [0.3, 0.4) is 0 Å². The van der Waals surface area contributed by atoms with Gasteiger partial charge in [-0.1, -0.05) is 74.9 Å². The fourth-order valence-corrected chi connectivity index (χ4v) is 11.6. The number of benzene rings is 4. The van der Waals surface area contributed by atoms with Crippen LogP contribution in [0, 0.1) is 0 Å². The molecule has 0 radical (unpaired) electrons. The topological polar surface area (TPSA) is 131 Å². The Morgan fingerprint density at radius 2 is 0.914 bits per heavy atom. The molecule has 10 nitrogen and oxygen atoms in total. The van der Waals surface area contributed by atoms with Crippen molar-refractivity contribution < 1.29 is 19.8 Å². The zero-order valence-electron chi connectivity index (χ0n) is 41.1. The van der Waals surface area contributed by atoms with E-state index in [4.69, 9.17) is 0 Å². The maximum Gasteiger partial charge on any atom is 0.336 e. The number of hydrogen-bond donors (Lipinski definition) is 4. The Morgan fingerprint density at radius 1 is 0.529 bits per heavy atom. The Labute approximate surface area is 414 Å². The van der Waals surface area contributed by atoms with Crippen molar-refractivity contribution in [3.63, 3.8) is 0 Å².